The van der Waals surface area contributed by atoms with E-state index in [1.807, 2.05) is 12.1 Å². The molecule has 1 aliphatic rings. The van der Waals surface area contributed by atoms with E-state index in [-0.39, 0.29) is 0 Å². The maximum atomic E-state index is 6.44. The number of aryl methyl sites for hydroxylation is 1. The fourth-order valence-electron chi connectivity index (χ4n) is 3.20. The first-order valence-electron chi connectivity index (χ1n) is 7.37. The van der Waals surface area contributed by atoms with Crippen LogP contribution in [-0.2, 0) is 0 Å². The molecule has 3 rings (SSSR count). The van der Waals surface area contributed by atoms with Crippen LogP contribution in [0.5, 0.6) is 0 Å². The van der Waals surface area contributed by atoms with Crippen LogP contribution < -0.4 is 5.32 Å². The van der Waals surface area contributed by atoms with Crippen LogP contribution in [0.1, 0.15) is 34.9 Å². The Hall–Kier alpha value is -1.02. The van der Waals surface area contributed by atoms with Crippen LogP contribution >= 0.6 is 23.2 Å². The minimum atomic E-state index is 0.443. The number of halogens is 2. The van der Waals surface area contributed by atoms with Gasteiger partial charge in [0.15, 0.2) is 0 Å². The first-order valence-corrected chi connectivity index (χ1v) is 8.13. The predicted octanol–water partition coefficient (Wildman–Crippen LogP) is 5.16. The van der Waals surface area contributed by atoms with Gasteiger partial charge in [0.05, 0.1) is 0 Å². The molecule has 1 nitrogen and oxygen atoms in total. The molecule has 21 heavy (non-hydrogen) atoms. The highest BCUT2D eigenvalue weighted by Gasteiger charge is 2.29. The summed E-state index contributed by atoms with van der Waals surface area (Å²) in [5, 5.41) is 4.99. The van der Waals surface area contributed by atoms with Crippen molar-refractivity contribution in [2.24, 2.45) is 0 Å². The van der Waals surface area contributed by atoms with Gasteiger partial charge in [-0.1, -0.05) is 59.1 Å². The zero-order valence-corrected chi connectivity index (χ0v) is 13.6. The molecule has 1 fully saturated rings. The van der Waals surface area contributed by atoms with Gasteiger partial charge in [-0.2, -0.15) is 0 Å². The lowest BCUT2D eigenvalue weighted by Gasteiger charge is -2.33. The Bertz CT molecular complexity index is 622. The number of hydrogen-bond donors (Lipinski definition) is 1. The van der Waals surface area contributed by atoms with Crippen molar-refractivity contribution in [3.05, 3.63) is 69.2 Å². The summed E-state index contributed by atoms with van der Waals surface area (Å²) in [5.41, 5.74) is 3.89. The molecule has 1 heterocycles. The van der Waals surface area contributed by atoms with Crippen molar-refractivity contribution in [3.63, 3.8) is 0 Å². The van der Waals surface area contributed by atoms with E-state index in [0.717, 1.165) is 24.5 Å². The zero-order chi connectivity index (χ0) is 14.8. The van der Waals surface area contributed by atoms with E-state index in [4.69, 9.17) is 23.2 Å². The van der Waals surface area contributed by atoms with Gasteiger partial charge < -0.3 is 5.32 Å². The minimum Gasteiger partial charge on any atom is -0.316 e. The van der Waals surface area contributed by atoms with Gasteiger partial charge in [0.2, 0.25) is 0 Å². The largest absolute Gasteiger partial charge is 0.316 e. The third-order valence-electron chi connectivity index (χ3n) is 4.35. The molecule has 2 aromatic rings. The maximum absolute atomic E-state index is 6.44. The lowest BCUT2D eigenvalue weighted by atomic mass is 9.77. The summed E-state index contributed by atoms with van der Waals surface area (Å²) < 4.78 is 0. The quantitative estimate of drug-likeness (QED) is 0.805. The van der Waals surface area contributed by atoms with Crippen LogP contribution in [0, 0.1) is 6.92 Å². The Balaban J connectivity index is 1.96. The van der Waals surface area contributed by atoms with Crippen molar-refractivity contribution in [2.75, 3.05) is 13.1 Å². The molecule has 1 saturated heterocycles. The van der Waals surface area contributed by atoms with Crippen molar-refractivity contribution in [3.8, 4) is 0 Å². The molecule has 2 aromatic carbocycles. The fourth-order valence-corrected chi connectivity index (χ4v) is 3.75. The molecule has 0 aliphatic carbocycles. The van der Waals surface area contributed by atoms with Gasteiger partial charge in [-0.05, 0) is 49.1 Å². The van der Waals surface area contributed by atoms with Crippen molar-refractivity contribution in [1.29, 1.82) is 0 Å². The summed E-state index contributed by atoms with van der Waals surface area (Å²) in [5.74, 6) is 0.900. The molecule has 2 atom stereocenters. The molecule has 3 heteroatoms. The molecule has 0 aromatic heterocycles. The average molecular weight is 320 g/mol. The molecule has 110 valence electrons. The molecule has 1 N–H and O–H groups in total. The van der Waals surface area contributed by atoms with E-state index >= 15 is 0 Å². The van der Waals surface area contributed by atoms with E-state index < -0.39 is 0 Å². The number of benzene rings is 2. The summed E-state index contributed by atoms with van der Waals surface area (Å²) in [6.07, 6.45) is 1.10. The van der Waals surface area contributed by atoms with Gasteiger partial charge in [0.25, 0.3) is 0 Å². The Morgan fingerprint density at radius 2 is 1.76 bits per heavy atom. The van der Waals surface area contributed by atoms with Gasteiger partial charge >= 0.3 is 0 Å². The fraction of sp³-hybridized carbons (Fsp3) is 0.333. The maximum Gasteiger partial charge on any atom is 0.0455 e. The van der Waals surface area contributed by atoms with Gasteiger partial charge in [-0.15, -0.1) is 0 Å². The monoisotopic (exact) mass is 319 g/mol. The highest BCUT2D eigenvalue weighted by molar-refractivity contribution is 6.35. The summed E-state index contributed by atoms with van der Waals surface area (Å²) >= 11 is 12.5. The second-order valence-corrected chi connectivity index (χ2v) is 6.63. The number of hydrogen-bond acceptors (Lipinski definition) is 1. The van der Waals surface area contributed by atoms with Crippen LogP contribution in [0.3, 0.4) is 0 Å². The summed E-state index contributed by atoms with van der Waals surface area (Å²) in [6, 6.07) is 14.7. The van der Waals surface area contributed by atoms with Gasteiger partial charge in [-0.25, -0.2) is 0 Å². The van der Waals surface area contributed by atoms with Gasteiger partial charge in [-0.3, -0.25) is 0 Å². The molecule has 0 amide bonds. The first kappa shape index (κ1) is 14.9. The zero-order valence-electron chi connectivity index (χ0n) is 12.1. The molecular formula is C18H19Cl2N. The first-order chi connectivity index (χ1) is 10.1. The Morgan fingerprint density at radius 1 is 1.00 bits per heavy atom. The molecule has 0 spiro atoms. The second kappa shape index (κ2) is 6.39. The van der Waals surface area contributed by atoms with Crippen molar-refractivity contribution in [1.82, 2.24) is 5.32 Å². The second-order valence-electron chi connectivity index (χ2n) is 5.78. The number of rotatable bonds is 2. The molecule has 2 unspecified atom stereocenters. The lowest BCUT2D eigenvalue weighted by Crippen LogP contribution is -2.34. The number of piperidine rings is 1. The van der Waals surface area contributed by atoms with Gasteiger partial charge in [0, 0.05) is 22.5 Å². The summed E-state index contributed by atoms with van der Waals surface area (Å²) in [7, 11) is 0. The van der Waals surface area contributed by atoms with Crippen LogP contribution in [0.25, 0.3) is 0 Å². The van der Waals surface area contributed by atoms with Crippen LogP contribution in [0.2, 0.25) is 10.0 Å². The number of nitrogens with one attached hydrogen (secondary N) is 1. The predicted molar refractivity (Wildman–Crippen MR) is 90.6 cm³/mol. The highest BCUT2D eigenvalue weighted by Crippen LogP contribution is 2.40. The summed E-state index contributed by atoms with van der Waals surface area (Å²) in [6.45, 7) is 4.15. The minimum absolute atomic E-state index is 0.443. The molecule has 1 aliphatic heterocycles. The Morgan fingerprint density at radius 3 is 2.48 bits per heavy atom. The Kier molecular flexibility index (Phi) is 4.54. The molecule has 0 radical (unpaired) electrons. The molecule has 0 bridgehead atoms. The lowest BCUT2D eigenvalue weighted by molar-refractivity contribution is 0.404. The van der Waals surface area contributed by atoms with E-state index in [2.05, 4.69) is 42.6 Å². The van der Waals surface area contributed by atoms with Crippen molar-refractivity contribution < 1.29 is 0 Å². The average Bonchev–Trinajstić information content (AvgIpc) is 2.48. The van der Waals surface area contributed by atoms with E-state index in [1.165, 1.54) is 16.7 Å². The third kappa shape index (κ3) is 3.26. The highest BCUT2D eigenvalue weighted by atomic mass is 35.5. The smallest absolute Gasteiger partial charge is 0.0455 e. The topological polar surface area (TPSA) is 12.0 Å². The third-order valence-corrected chi connectivity index (χ3v) is 4.91. The van der Waals surface area contributed by atoms with E-state index in [9.17, 15) is 0 Å². The van der Waals surface area contributed by atoms with Crippen LogP contribution in [0.4, 0.5) is 0 Å². The van der Waals surface area contributed by atoms with Crippen LogP contribution in [0.15, 0.2) is 42.5 Å². The SMILES string of the molecule is Cc1ccc(C2CNCCC2c2ccc(Cl)cc2Cl)cc1. The van der Waals surface area contributed by atoms with E-state index in [0.29, 0.717) is 16.9 Å². The Labute approximate surface area is 136 Å². The van der Waals surface area contributed by atoms with E-state index in [1.54, 1.807) is 0 Å². The normalized spacial score (nSPS) is 22.2. The van der Waals surface area contributed by atoms with Crippen molar-refractivity contribution in [2.45, 2.75) is 25.2 Å². The van der Waals surface area contributed by atoms with Crippen LogP contribution in [-0.4, -0.2) is 13.1 Å². The molecule has 0 saturated carbocycles. The molecular weight excluding hydrogens is 301 g/mol. The van der Waals surface area contributed by atoms with Crippen molar-refractivity contribution >= 4 is 23.2 Å². The standard InChI is InChI=1S/C18H19Cl2N/c1-12-2-4-13(5-3-12)17-11-21-9-8-15(17)16-7-6-14(19)10-18(16)20/h2-7,10,15,17,21H,8-9,11H2,1H3. The summed E-state index contributed by atoms with van der Waals surface area (Å²) in [4.78, 5) is 0. The van der Waals surface area contributed by atoms with Gasteiger partial charge in [0.1, 0.15) is 0 Å².